The number of rotatable bonds is 6. The van der Waals surface area contributed by atoms with Gasteiger partial charge in [0.25, 0.3) is 5.91 Å². The van der Waals surface area contributed by atoms with Crippen LogP contribution in [0, 0.1) is 12.8 Å². The average molecular weight is 419 g/mol. The van der Waals surface area contributed by atoms with E-state index in [0.29, 0.717) is 34.4 Å². The van der Waals surface area contributed by atoms with Crippen LogP contribution in [-0.2, 0) is 0 Å². The number of para-hydroxylation sites is 1. The SMILES string of the molecule is Cc1c(-c2ccccc2)oc2c(C(=O)NCCCN3CCC(C)CC3)cccc2c1=O. The summed E-state index contributed by atoms with van der Waals surface area (Å²) in [7, 11) is 0. The molecular weight excluding hydrogens is 388 g/mol. The first-order valence-electron chi connectivity index (χ1n) is 11.2. The third kappa shape index (κ3) is 4.72. The van der Waals surface area contributed by atoms with E-state index in [0.717, 1.165) is 37.5 Å². The fourth-order valence-corrected chi connectivity index (χ4v) is 4.24. The summed E-state index contributed by atoms with van der Waals surface area (Å²) < 4.78 is 6.15. The van der Waals surface area contributed by atoms with Crippen molar-refractivity contribution in [1.29, 1.82) is 0 Å². The van der Waals surface area contributed by atoms with E-state index in [2.05, 4.69) is 17.1 Å². The van der Waals surface area contributed by atoms with Crippen molar-refractivity contribution in [2.24, 2.45) is 5.92 Å². The number of likely N-dealkylation sites (tertiary alicyclic amines) is 1. The monoisotopic (exact) mass is 418 g/mol. The summed E-state index contributed by atoms with van der Waals surface area (Å²) in [5.74, 6) is 1.13. The number of hydrogen-bond donors (Lipinski definition) is 1. The zero-order valence-electron chi connectivity index (χ0n) is 18.3. The smallest absolute Gasteiger partial charge is 0.255 e. The molecule has 1 aromatic heterocycles. The molecule has 1 amide bonds. The Hall–Kier alpha value is -2.92. The third-order valence-electron chi connectivity index (χ3n) is 6.24. The molecule has 5 heteroatoms. The maximum atomic E-state index is 13.0. The predicted molar refractivity (Wildman–Crippen MR) is 124 cm³/mol. The minimum atomic E-state index is -0.205. The Morgan fingerprint density at radius 3 is 2.58 bits per heavy atom. The van der Waals surface area contributed by atoms with Gasteiger partial charge in [0.15, 0.2) is 11.0 Å². The van der Waals surface area contributed by atoms with Crippen molar-refractivity contribution in [3.8, 4) is 11.3 Å². The van der Waals surface area contributed by atoms with E-state index in [-0.39, 0.29) is 11.3 Å². The molecule has 31 heavy (non-hydrogen) atoms. The van der Waals surface area contributed by atoms with Gasteiger partial charge in [-0.2, -0.15) is 0 Å². The van der Waals surface area contributed by atoms with Crippen LogP contribution in [0.3, 0.4) is 0 Å². The topological polar surface area (TPSA) is 62.6 Å². The molecule has 1 aliphatic rings. The molecule has 1 fully saturated rings. The molecule has 0 unspecified atom stereocenters. The van der Waals surface area contributed by atoms with Gasteiger partial charge in [-0.05, 0) is 63.9 Å². The highest BCUT2D eigenvalue weighted by Crippen LogP contribution is 2.27. The molecule has 2 heterocycles. The molecule has 0 saturated carbocycles. The summed E-state index contributed by atoms with van der Waals surface area (Å²) in [4.78, 5) is 28.3. The number of carbonyl (C=O) groups excluding carboxylic acids is 1. The van der Waals surface area contributed by atoms with Crippen LogP contribution in [0.2, 0.25) is 0 Å². The standard InChI is InChI=1S/C26H30N2O3/c1-18-12-16-28(17-13-18)15-7-14-27-26(30)22-11-6-10-21-23(29)19(2)24(31-25(21)22)20-8-4-3-5-9-20/h3-6,8-11,18H,7,12-17H2,1-2H3,(H,27,30). The quantitative estimate of drug-likeness (QED) is 0.594. The molecule has 1 saturated heterocycles. The summed E-state index contributed by atoms with van der Waals surface area (Å²) in [5, 5.41) is 3.44. The fourth-order valence-electron chi connectivity index (χ4n) is 4.24. The van der Waals surface area contributed by atoms with Crippen molar-refractivity contribution >= 4 is 16.9 Å². The number of benzene rings is 2. The minimum Gasteiger partial charge on any atom is -0.455 e. The van der Waals surface area contributed by atoms with Gasteiger partial charge in [-0.3, -0.25) is 9.59 Å². The summed E-state index contributed by atoms with van der Waals surface area (Å²) in [6.07, 6.45) is 3.42. The first kappa shape index (κ1) is 21.3. The summed E-state index contributed by atoms with van der Waals surface area (Å²) in [6.45, 7) is 7.96. The second-order valence-corrected chi connectivity index (χ2v) is 8.57. The van der Waals surface area contributed by atoms with Crippen molar-refractivity contribution in [1.82, 2.24) is 10.2 Å². The summed E-state index contributed by atoms with van der Waals surface area (Å²) in [5.41, 5.74) is 2.02. The Bertz CT molecular complexity index is 1110. The van der Waals surface area contributed by atoms with Gasteiger partial charge in [0.1, 0.15) is 5.76 Å². The highest BCUT2D eigenvalue weighted by Gasteiger charge is 2.19. The van der Waals surface area contributed by atoms with Crippen molar-refractivity contribution in [2.45, 2.75) is 33.1 Å². The van der Waals surface area contributed by atoms with E-state index >= 15 is 0 Å². The number of hydrogen-bond acceptors (Lipinski definition) is 4. The number of piperidine rings is 1. The zero-order valence-corrected chi connectivity index (χ0v) is 18.3. The molecule has 0 spiro atoms. The van der Waals surface area contributed by atoms with Gasteiger partial charge in [-0.15, -0.1) is 0 Å². The predicted octanol–water partition coefficient (Wildman–Crippen LogP) is 4.62. The van der Waals surface area contributed by atoms with Crippen molar-refractivity contribution < 1.29 is 9.21 Å². The van der Waals surface area contributed by atoms with Crippen LogP contribution >= 0.6 is 0 Å². The van der Waals surface area contributed by atoms with Crippen molar-refractivity contribution in [3.63, 3.8) is 0 Å². The van der Waals surface area contributed by atoms with E-state index in [1.165, 1.54) is 12.8 Å². The van der Waals surface area contributed by atoms with Gasteiger partial charge in [0, 0.05) is 17.7 Å². The van der Waals surface area contributed by atoms with E-state index in [1.807, 2.05) is 30.3 Å². The van der Waals surface area contributed by atoms with Gasteiger partial charge in [0.2, 0.25) is 0 Å². The van der Waals surface area contributed by atoms with Crippen LogP contribution in [0.5, 0.6) is 0 Å². The van der Waals surface area contributed by atoms with Crippen LogP contribution in [-0.4, -0.2) is 37.0 Å². The molecule has 0 aliphatic carbocycles. The van der Waals surface area contributed by atoms with Gasteiger partial charge in [0.05, 0.1) is 10.9 Å². The summed E-state index contributed by atoms with van der Waals surface area (Å²) >= 11 is 0. The highest BCUT2D eigenvalue weighted by molar-refractivity contribution is 6.05. The van der Waals surface area contributed by atoms with Crippen LogP contribution in [0.15, 0.2) is 57.7 Å². The lowest BCUT2D eigenvalue weighted by molar-refractivity contribution is 0.0951. The maximum absolute atomic E-state index is 13.0. The van der Waals surface area contributed by atoms with Crippen molar-refractivity contribution in [2.75, 3.05) is 26.2 Å². The Labute approximate surface area is 183 Å². The molecule has 4 rings (SSSR count). The second-order valence-electron chi connectivity index (χ2n) is 8.57. The number of nitrogens with one attached hydrogen (secondary N) is 1. The molecule has 3 aromatic rings. The Kier molecular flexibility index (Phi) is 6.52. The second kappa shape index (κ2) is 9.48. The van der Waals surface area contributed by atoms with E-state index < -0.39 is 0 Å². The number of carbonyl (C=O) groups is 1. The lowest BCUT2D eigenvalue weighted by Crippen LogP contribution is -2.35. The molecule has 162 valence electrons. The van der Waals surface area contributed by atoms with Gasteiger partial charge in [-0.1, -0.05) is 43.3 Å². The van der Waals surface area contributed by atoms with Gasteiger partial charge < -0.3 is 14.6 Å². The molecule has 1 N–H and O–H groups in total. The lowest BCUT2D eigenvalue weighted by Gasteiger charge is -2.30. The molecule has 0 radical (unpaired) electrons. The molecule has 0 atom stereocenters. The molecule has 5 nitrogen and oxygen atoms in total. The van der Waals surface area contributed by atoms with E-state index in [1.54, 1.807) is 25.1 Å². The number of amides is 1. The van der Waals surface area contributed by atoms with Gasteiger partial charge >= 0.3 is 0 Å². The van der Waals surface area contributed by atoms with Crippen LogP contribution in [0.1, 0.15) is 42.1 Å². The maximum Gasteiger partial charge on any atom is 0.255 e. The molecule has 2 aromatic carbocycles. The summed E-state index contributed by atoms with van der Waals surface area (Å²) in [6, 6.07) is 14.7. The molecule has 0 bridgehead atoms. The van der Waals surface area contributed by atoms with Crippen molar-refractivity contribution in [3.05, 3.63) is 69.9 Å². The highest BCUT2D eigenvalue weighted by atomic mass is 16.3. The van der Waals surface area contributed by atoms with E-state index in [9.17, 15) is 9.59 Å². The molecular formula is C26H30N2O3. The first-order chi connectivity index (χ1) is 15.0. The zero-order chi connectivity index (χ0) is 21.8. The number of fused-ring (bicyclic) bond motifs is 1. The fraction of sp³-hybridized carbons (Fsp3) is 0.385. The lowest BCUT2D eigenvalue weighted by atomic mass is 9.99. The largest absolute Gasteiger partial charge is 0.455 e. The van der Waals surface area contributed by atoms with Crippen LogP contribution in [0.4, 0.5) is 0 Å². The molecule has 1 aliphatic heterocycles. The normalized spacial score (nSPS) is 15.3. The Morgan fingerprint density at radius 1 is 1.10 bits per heavy atom. The average Bonchev–Trinajstić information content (AvgIpc) is 2.80. The van der Waals surface area contributed by atoms with Gasteiger partial charge in [-0.25, -0.2) is 0 Å². The number of nitrogens with zero attached hydrogens (tertiary/aromatic N) is 1. The Balaban J connectivity index is 1.51. The third-order valence-corrected chi connectivity index (χ3v) is 6.24. The van der Waals surface area contributed by atoms with Crippen LogP contribution in [0.25, 0.3) is 22.3 Å². The Morgan fingerprint density at radius 2 is 1.84 bits per heavy atom. The van der Waals surface area contributed by atoms with E-state index in [4.69, 9.17) is 4.42 Å². The van der Waals surface area contributed by atoms with Crippen LogP contribution < -0.4 is 10.7 Å². The minimum absolute atomic E-state index is 0.103. The first-order valence-corrected chi connectivity index (χ1v) is 11.2.